The number of nitrogens with one attached hydrogen (secondary N) is 1. The molecule has 23 heavy (non-hydrogen) atoms. The Morgan fingerprint density at radius 1 is 1.04 bits per heavy atom. The predicted molar refractivity (Wildman–Crippen MR) is 92.5 cm³/mol. The zero-order chi connectivity index (χ0) is 16.1. The fourth-order valence-electron chi connectivity index (χ4n) is 3.26. The lowest BCUT2D eigenvalue weighted by molar-refractivity contribution is 0.281. The molecular formula is C20H25NO2. The summed E-state index contributed by atoms with van der Waals surface area (Å²) in [7, 11) is 0. The van der Waals surface area contributed by atoms with Crippen molar-refractivity contribution in [3.05, 3.63) is 64.2 Å². The van der Waals surface area contributed by atoms with E-state index >= 15 is 0 Å². The molecule has 122 valence electrons. The molecule has 0 amide bonds. The molecule has 0 aliphatic heterocycles. The normalized spacial score (nSPS) is 13.1. The van der Waals surface area contributed by atoms with E-state index in [0.29, 0.717) is 6.61 Å². The van der Waals surface area contributed by atoms with Gasteiger partial charge in [-0.15, -0.1) is 0 Å². The van der Waals surface area contributed by atoms with Gasteiger partial charge in [0, 0.05) is 18.7 Å². The van der Waals surface area contributed by atoms with Gasteiger partial charge in [0.15, 0.2) is 0 Å². The summed E-state index contributed by atoms with van der Waals surface area (Å²) in [4.78, 5) is 0. The summed E-state index contributed by atoms with van der Waals surface area (Å²) in [6.45, 7) is 4.41. The summed E-state index contributed by atoms with van der Waals surface area (Å²) in [6.07, 6.45) is 3.62. The van der Waals surface area contributed by atoms with Crippen LogP contribution in [0.5, 0.6) is 5.75 Å². The molecule has 0 fully saturated rings. The van der Waals surface area contributed by atoms with Crippen molar-refractivity contribution >= 4 is 0 Å². The summed E-state index contributed by atoms with van der Waals surface area (Å²) in [5.74, 6) is 1.02. The second-order valence-corrected chi connectivity index (χ2v) is 6.10. The third kappa shape index (κ3) is 3.92. The molecule has 1 aliphatic rings. The van der Waals surface area contributed by atoms with Crippen molar-refractivity contribution in [2.45, 2.75) is 45.9 Å². The van der Waals surface area contributed by atoms with Crippen LogP contribution in [0, 0.1) is 0 Å². The van der Waals surface area contributed by atoms with Crippen molar-refractivity contribution in [2.24, 2.45) is 0 Å². The van der Waals surface area contributed by atoms with Gasteiger partial charge in [0.2, 0.25) is 0 Å². The molecule has 0 heterocycles. The number of aliphatic hydroxyl groups excluding tert-OH is 1. The number of hydrogen-bond donors (Lipinski definition) is 2. The zero-order valence-electron chi connectivity index (χ0n) is 13.8. The first-order valence-corrected chi connectivity index (χ1v) is 8.47. The average molecular weight is 311 g/mol. The summed E-state index contributed by atoms with van der Waals surface area (Å²) < 4.78 is 5.83. The zero-order valence-corrected chi connectivity index (χ0v) is 13.8. The minimum Gasteiger partial charge on any atom is -0.494 e. The van der Waals surface area contributed by atoms with Crippen molar-refractivity contribution in [2.75, 3.05) is 6.61 Å². The molecule has 0 saturated carbocycles. The molecule has 3 rings (SSSR count). The molecule has 2 aromatic carbocycles. The topological polar surface area (TPSA) is 41.5 Å². The van der Waals surface area contributed by atoms with E-state index in [9.17, 15) is 5.11 Å². The summed E-state index contributed by atoms with van der Waals surface area (Å²) in [6, 6.07) is 12.6. The lowest BCUT2D eigenvalue weighted by Gasteiger charge is -2.14. The van der Waals surface area contributed by atoms with Crippen LogP contribution in [-0.4, -0.2) is 11.7 Å². The van der Waals surface area contributed by atoms with Gasteiger partial charge >= 0.3 is 0 Å². The number of aliphatic hydroxyl groups is 1. The van der Waals surface area contributed by atoms with Gasteiger partial charge in [-0.3, -0.25) is 0 Å². The van der Waals surface area contributed by atoms with Gasteiger partial charge in [0.25, 0.3) is 0 Å². The smallest absolute Gasteiger partial charge is 0.124 e. The fraction of sp³-hybridized carbons (Fsp3) is 0.400. The maximum Gasteiger partial charge on any atom is 0.124 e. The minimum absolute atomic E-state index is 0.0904. The largest absolute Gasteiger partial charge is 0.494 e. The predicted octanol–water partition coefficient (Wildman–Crippen LogP) is 3.36. The van der Waals surface area contributed by atoms with Crippen molar-refractivity contribution in [1.29, 1.82) is 0 Å². The summed E-state index contributed by atoms with van der Waals surface area (Å²) in [5.41, 5.74) is 6.32. The van der Waals surface area contributed by atoms with E-state index in [-0.39, 0.29) is 6.61 Å². The Morgan fingerprint density at radius 3 is 2.61 bits per heavy atom. The van der Waals surface area contributed by atoms with Crippen LogP contribution >= 0.6 is 0 Å². The molecule has 0 atom stereocenters. The number of benzene rings is 2. The Morgan fingerprint density at radius 2 is 1.83 bits per heavy atom. The summed E-state index contributed by atoms with van der Waals surface area (Å²) in [5, 5.41) is 12.7. The van der Waals surface area contributed by atoms with Crippen LogP contribution in [0.2, 0.25) is 0 Å². The molecule has 0 aromatic heterocycles. The number of hydrogen-bond acceptors (Lipinski definition) is 3. The Hall–Kier alpha value is -1.84. The van der Waals surface area contributed by atoms with Crippen LogP contribution in [0.1, 0.15) is 41.2 Å². The van der Waals surface area contributed by atoms with Crippen LogP contribution in [0.3, 0.4) is 0 Å². The maximum atomic E-state index is 9.21. The van der Waals surface area contributed by atoms with Crippen molar-refractivity contribution in [1.82, 2.24) is 5.32 Å². The molecule has 2 N–H and O–H groups in total. The first-order valence-electron chi connectivity index (χ1n) is 8.47. The SMILES string of the molecule is CCOc1cc2c(cc1CNCc1cccc(CO)c1)CCC2. The highest BCUT2D eigenvalue weighted by atomic mass is 16.5. The highest BCUT2D eigenvalue weighted by Crippen LogP contribution is 2.30. The number of rotatable bonds is 7. The van der Waals surface area contributed by atoms with Crippen LogP contribution in [0.4, 0.5) is 0 Å². The molecule has 0 radical (unpaired) electrons. The summed E-state index contributed by atoms with van der Waals surface area (Å²) >= 11 is 0. The van der Waals surface area contributed by atoms with E-state index in [0.717, 1.165) is 24.4 Å². The van der Waals surface area contributed by atoms with Crippen LogP contribution in [-0.2, 0) is 32.5 Å². The maximum absolute atomic E-state index is 9.21. The molecule has 2 aromatic rings. The standard InChI is InChI=1S/C20H25NO2/c1-2-23-20-11-18-8-4-7-17(18)10-19(20)13-21-12-15-5-3-6-16(9-15)14-22/h3,5-6,9-11,21-22H,2,4,7-8,12-14H2,1H3. The molecular weight excluding hydrogens is 286 g/mol. The van der Waals surface area contributed by atoms with Gasteiger partial charge in [-0.05, 0) is 54.5 Å². The first kappa shape index (κ1) is 16.0. The Labute approximate surface area is 138 Å². The van der Waals surface area contributed by atoms with Crippen molar-refractivity contribution in [3.63, 3.8) is 0 Å². The third-order valence-corrected chi connectivity index (χ3v) is 4.39. The van der Waals surface area contributed by atoms with Gasteiger partial charge < -0.3 is 15.2 Å². The van der Waals surface area contributed by atoms with Gasteiger partial charge in [0.05, 0.1) is 13.2 Å². The van der Waals surface area contributed by atoms with Crippen LogP contribution in [0.15, 0.2) is 36.4 Å². The first-order chi connectivity index (χ1) is 11.3. The molecule has 0 spiro atoms. The number of fused-ring (bicyclic) bond motifs is 1. The molecule has 3 heteroatoms. The van der Waals surface area contributed by atoms with E-state index in [2.05, 4.69) is 23.5 Å². The number of ether oxygens (including phenoxy) is 1. The molecule has 1 aliphatic carbocycles. The lowest BCUT2D eigenvalue weighted by atomic mass is 10.0. The molecule has 0 saturated heterocycles. The highest BCUT2D eigenvalue weighted by Gasteiger charge is 2.15. The second-order valence-electron chi connectivity index (χ2n) is 6.10. The van der Waals surface area contributed by atoms with E-state index in [4.69, 9.17) is 4.74 Å². The average Bonchev–Trinajstić information content (AvgIpc) is 3.02. The van der Waals surface area contributed by atoms with E-state index in [1.807, 2.05) is 25.1 Å². The Balaban J connectivity index is 1.67. The van der Waals surface area contributed by atoms with Gasteiger partial charge in [0.1, 0.15) is 5.75 Å². The molecule has 0 bridgehead atoms. The van der Waals surface area contributed by atoms with Gasteiger partial charge in [-0.1, -0.05) is 30.3 Å². The van der Waals surface area contributed by atoms with Gasteiger partial charge in [-0.2, -0.15) is 0 Å². The second kappa shape index (κ2) is 7.62. The molecule has 3 nitrogen and oxygen atoms in total. The van der Waals surface area contributed by atoms with E-state index in [1.165, 1.54) is 41.5 Å². The number of aryl methyl sites for hydroxylation is 2. The monoisotopic (exact) mass is 311 g/mol. The van der Waals surface area contributed by atoms with E-state index < -0.39 is 0 Å². The Bertz CT molecular complexity index is 667. The van der Waals surface area contributed by atoms with Crippen molar-refractivity contribution in [3.8, 4) is 5.75 Å². The quantitative estimate of drug-likeness (QED) is 0.824. The van der Waals surface area contributed by atoms with Crippen LogP contribution in [0.25, 0.3) is 0 Å². The fourth-order valence-corrected chi connectivity index (χ4v) is 3.26. The Kier molecular flexibility index (Phi) is 5.31. The highest BCUT2D eigenvalue weighted by molar-refractivity contribution is 5.44. The van der Waals surface area contributed by atoms with Crippen molar-refractivity contribution < 1.29 is 9.84 Å². The minimum atomic E-state index is 0.0904. The van der Waals surface area contributed by atoms with Crippen LogP contribution < -0.4 is 10.1 Å². The van der Waals surface area contributed by atoms with Gasteiger partial charge in [-0.25, -0.2) is 0 Å². The lowest BCUT2D eigenvalue weighted by Crippen LogP contribution is -2.14. The molecule has 0 unspecified atom stereocenters. The third-order valence-electron chi connectivity index (χ3n) is 4.39. The van der Waals surface area contributed by atoms with E-state index in [1.54, 1.807) is 0 Å².